The van der Waals surface area contributed by atoms with Crippen LogP contribution in [0.1, 0.15) is 56.4 Å². The van der Waals surface area contributed by atoms with Crippen molar-refractivity contribution in [3.05, 3.63) is 59.3 Å². The molecule has 190 valence electrons. The highest BCUT2D eigenvalue weighted by molar-refractivity contribution is 5.89. The molecule has 36 heavy (non-hydrogen) atoms. The number of nitrogens with one attached hydrogen (secondary N) is 1. The highest BCUT2D eigenvalue weighted by Gasteiger charge is 2.18. The summed E-state index contributed by atoms with van der Waals surface area (Å²) < 4.78 is 13.2. The molecule has 7 heteroatoms. The van der Waals surface area contributed by atoms with Crippen LogP contribution in [0.5, 0.6) is 5.75 Å². The molecule has 1 fully saturated rings. The number of aryl methyl sites for hydroxylation is 1. The Labute approximate surface area is 213 Å². The molecule has 1 N–H and O–H groups in total. The predicted octanol–water partition coefficient (Wildman–Crippen LogP) is 5.95. The van der Waals surface area contributed by atoms with Crippen molar-refractivity contribution in [3.8, 4) is 11.8 Å². The number of anilines is 1. The quantitative estimate of drug-likeness (QED) is 0.357. The van der Waals surface area contributed by atoms with Crippen LogP contribution < -0.4 is 10.1 Å². The first-order valence-corrected chi connectivity index (χ1v) is 13.1. The number of hydrogen-bond acceptors (Lipinski definition) is 5. The molecule has 0 radical (unpaired) electrons. The molecule has 0 aliphatic carbocycles. The van der Waals surface area contributed by atoms with Crippen molar-refractivity contribution >= 4 is 22.7 Å². The van der Waals surface area contributed by atoms with Crippen molar-refractivity contribution in [2.24, 2.45) is 0 Å². The molecular formula is C29H36N4O3. The van der Waals surface area contributed by atoms with E-state index in [-0.39, 0.29) is 0 Å². The van der Waals surface area contributed by atoms with E-state index in [1.54, 1.807) is 6.92 Å². The average molecular weight is 489 g/mol. The molecule has 7 nitrogen and oxygen atoms in total. The fraction of sp³-hybridized carbons (Fsp3) is 0.448. The number of nitrogens with zero attached hydrogens (tertiary/aromatic N) is 3. The molecule has 4 rings (SSSR count). The summed E-state index contributed by atoms with van der Waals surface area (Å²) >= 11 is 0. The third kappa shape index (κ3) is 6.19. The molecule has 1 aromatic heterocycles. The number of carbonyl (C=O) groups excluding carboxylic acids is 1. The monoisotopic (exact) mass is 488 g/mol. The van der Waals surface area contributed by atoms with Gasteiger partial charge in [0.25, 0.3) is 0 Å². The maximum atomic E-state index is 11.7. The van der Waals surface area contributed by atoms with E-state index in [1.165, 1.54) is 32.4 Å². The summed E-state index contributed by atoms with van der Waals surface area (Å²) in [5.74, 6) is 0.846. The molecule has 1 amide bonds. The van der Waals surface area contributed by atoms with Gasteiger partial charge >= 0.3 is 6.09 Å². The van der Waals surface area contributed by atoms with E-state index in [1.807, 2.05) is 36.4 Å². The number of benzene rings is 2. The Morgan fingerprint density at radius 1 is 1.08 bits per heavy atom. The van der Waals surface area contributed by atoms with Gasteiger partial charge in [0, 0.05) is 42.3 Å². The Kier molecular flexibility index (Phi) is 8.85. The van der Waals surface area contributed by atoms with Gasteiger partial charge in [0.2, 0.25) is 0 Å². The zero-order chi connectivity index (χ0) is 25.3. The van der Waals surface area contributed by atoms with Crippen LogP contribution in [0.15, 0.2) is 42.5 Å². The van der Waals surface area contributed by atoms with Crippen LogP contribution in [0.25, 0.3) is 10.9 Å². The first kappa shape index (κ1) is 25.6. The Bertz CT molecular complexity index is 1200. The van der Waals surface area contributed by atoms with E-state index in [2.05, 4.69) is 33.8 Å². The van der Waals surface area contributed by atoms with Gasteiger partial charge in [0.15, 0.2) is 0 Å². The average Bonchev–Trinajstić information content (AvgIpc) is 3.19. The van der Waals surface area contributed by atoms with Crippen LogP contribution >= 0.6 is 0 Å². The van der Waals surface area contributed by atoms with E-state index < -0.39 is 6.09 Å². The molecule has 0 atom stereocenters. The fourth-order valence-corrected chi connectivity index (χ4v) is 4.99. The van der Waals surface area contributed by atoms with E-state index >= 15 is 0 Å². The van der Waals surface area contributed by atoms with Gasteiger partial charge in [0.05, 0.1) is 24.3 Å². The third-order valence-electron chi connectivity index (χ3n) is 6.76. The molecule has 0 bridgehead atoms. The SMILES string of the molecule is CCOC(=O)Nc1ccc(Cc2c(C#N)c3ccc(OCCCN4CCCCC4)cc3n2CC)cc1. The van der Waals surface area contributed by atoms with Gasteiger partial charge in [-0.05, 0) is 76.0 Å². The lowest BCUT2D eigenvalue weighted by molar-refractivity contribution is 0.168. The minimum absolute atomic E-state index is 0.327. The number of aromatic nitrogens is 1. The minimum atomic E-state index is -0.465. The van der Waals surface area contributed by atoms with E-state index in [0.29, 0.717) is 30.9 Å². The highest BCUT2D eigenvalue weighted by Crippen LogP contribution is 2.31. The van der Waals surface area contributed by atoms with Gasteiger partial charge in [0.1, 0.15) is 11.8 Å². The molecule has 0 unspecified atom stereocenters. The summed E-state index contributed by atoms with van der Waals surface area (Å²) in [6.07, 6.45) is 5.15. The summed E-state index contributed by atoms with van der Waals surface area (Å²) in [5, 5.41) is 13.7. The summed E-state index contributed by atoms with van der Waals surface area (Å²) in [6, 6.07) is 16.1. The second kappa shape index (κ2) is 12.5. The number of hydrogen-bond donors (Lipinski definition) is 1. The number of fused-ring (bicyclic) bond motifs is 1. The lowest BCUT2D eigenvalue weighted by Gasteiger charge is -2.26. The van der Waals surface area contributed by atoms with Crippen LogP contribution in [0.4, 0.5) is 10.5 Å². The van der Waals surface area contributed by atoms with Crippen LogP contribution in [0, 0.1) is 11.3 Å². The van der Waals surface area contributed by atoms with Gasteiger partial charge in [-0.25, -0.2) is 4.79 Å². The molecule has 0 saturated carbocycles. The Morgan fingerprint density at radius 3 is 2.56 bits per heavy atom. The maximum Gasteiger partial charge on any atom is 0.411 e. The summed E-state index contributed by atoms with van der Waals surface area (Å²) in [5.41, 5.74) is 4.46. The fourth-order valence-electron chi connectivity index (χ4n) is 4.99. The first-order chi connectivity index (χ1) is 17.6. The van der Waals surface area contributed by atoms with E-state index in [0.717, 1.165) is 47.4 Å². The Balaban J connectivity index is 1.47. The normalized spacial score (nSPS) is 13.9. The zero-order valence-corrected chi connectivity index (χ0v) is 21.4. The lowest BCUT2D eigenvalue weighted by Crippen LogP contribution is -2.31. The van der Waals surface area contributed by atoms with Crippen LogP contribution in [0.3, 0.4) is 0 Å². The van der Waals surface area contributed by atoms with Gasteiger partial charge in [-0.2, -0.15) is 5.26 Å². The minimum Gasteiger partial charge on any atom is -0.493 e. The van der Waals surface area contributed by atoms with Crippen molar-refractivity contribution in [1.29, 1.82) is 5.26 Å². The topological polar surface area (TPSA) is 79.5 Å². The van der Waals surface area contributed by atoms with Gasteiger partial charge in [-0.3, -0.25) is 5.32 Å². The second-order valence-corrected chi connectivity index (χ2v) is 9.18. The molecular weight excluding hydrogens is 452 g/mol. The van der Waals surface area contributed by atoms with Crippen LogP contribution in [0.2, 0.25) is 0 Å². The van der Waals surface area contributed by atoms with Crippen molar-refractivity contribution in [3.63, 3.8) is 0 Å². The molecule has 1 aliphatic heterocycles. The molecule has 1 aliphatic rings. The zero-order valence-electron chi connectivity index (χ0n) is 21.4. The van der Waals surface area contributed by atoms with Crippen molar-refractivity contribution < 1.29 is 14.3 Å². The number of nitriles is 1. The standard InChI is InChI=1S/C29H36N4O3/c1-3-33-27(19-22-9-11-23(12-10-22)31-29(34)35-4-2)26(21-30)25-14-13-24(20-28(25)33)36-18-8-17-32-15-6-5-7-16-32/h9-14,20H,3-8,15-19H2,1-2H3,(H,31,34). The Hall–Kier alpha value is -3.50. The van der Waals surface area contributed by atoms with E-state index in [4.69, 9.17) is 9.47 Å². The molecule has 2 heterocycles. The van der Waals surface area contributed by atoms with Crippen molar-refractivity contribution in [2.75, 3.05) is 38.2 Å². The maximum absolute atomic E-state index is 11.7. The molecule has 3 aromatic rings. The lowest BCUT2D eigenvalue weighted by atomic mass is 10.0. The number of likely N-dealkylation sites (tertiary alicyclic amines) is 1. The van der Waals surface area contributed by atoms with Crippen molar-refractivity contribution in [2.45, 2.75) is 52.5 Å². The first-order valence-electron chi connectivity index (χ1n) is 13.1. The number of rotatable bonds is 10. The molecule has 0 spiro atoms. The van der Waals surface area contributed by atoms with Crippen LogP contribution in [-0.4, -0.2) is 48.4 Å². The van der Waals surface area contributed by atoms with Gasteiger partial charge < -0.3 is 18.9 Å². The van der Waals surface area contributed by atoms with Gasteiger partial charge in [-0.1, -0.05) is 18.6 Å². The summed E-state index contributed by atoms with van der Waals surface area (Å²) in [7, 11) is 0. The summed E-state index contributed by atoms with van der Waals surface area (Å²) in [4.78, 5) is 14.2. The van der Waals surface area contributed by atoms with Crippen molar-refractivity contribution in [1.82, 2.24) is 9.47 Å². The molecule has 1 saturated heterocycles. The third-order valence-corrected chi connectivity index (χ3v) is 6.76. The van der Waals surface area contributed by atoms with E-state index in [9.17, 15) is 10.1 Å². The second-order valence-electron chi connectivity index (χ2n) is 9.18. The highest BCUT2D eigenvalue weighted by atomic mass is 16.5. The Morgan fingerprint density at radius 2 is 1.86 bits per heavy atom. The largest absolute Gasteiger partial charge is 0.493 e. The number of ether oxygens (including phenoxy) is 2. The number of amides is 1. The van der Waals surface area contributed by atoms with Crippen LogP contribution in [-0.2, 0) is 17.7 Å². The smallest absolute Gasteiger partial charge is 0.411 e. The number of piperidine rings is 1. The number of carbonyl (C=O) groups is 1. The predicted molar refractivity (Wildman–Crippen MR) is 143 cm³/mol. The van der Waals surface area contributed by atoms with Gasteiger partial charge in [-0.15, -0.1) is 0 Å². The summed E-state index contributed by atoms with van der Waals surface area (Å²) in [6.45, 7) is 9.16. The molecule has 2 aromatic carbocycles.